The maximum absolute atomic E-state index is 11.4. The molecular weight excluding hydrogens is 458 g/mol. The summed E-state index contributed by atoms with van der Waals surface area (Å²) in [7, 11) is 2.62. The first-order valence-corrected chi connectivity index (χ1v) is 10.9. The van der Waals surface area contributed by atoms with Crippen LogP contribution in [0, 0.1) is 6.92 Å². The zero-order chi connectivity index (χ0) is 25.2. The van der Waals surface area contributed by atoms with E-state index in [-0.39, 0.29) is 5.56 Å². The number of aryl methyl sites for hydroxylation is 1. The van der Waals surface area contributed by atoms with Crippen molar-refractivity contribution in [3.8, 4) is 5.88 Å². The molecule has 11 heteroatoms. The molecule has 1 aliphatic heterocycles. The third-order valence-corrected chi connectivity index (χ3v) is 5.35. The van der Waals surface area contributed by atoms with Gasteiger partial charge in [0.1, 0.15) is 12.4 Å². The second kappa shape index (κ2) is 12.5. The summed E-state index contributed by atoms with van der Waals surface area (Å²) in [6, 6.07) is 5.94. The fourth-order valence-corrected chi connectivity index (χ4v) is 3.38. The summed E-state index contributed by atoms with van der Waals surface area (Å²) in [6.07, 6.45) is 4.62. The molecule has 0 amide bonds. The highest BCUT2D eigenvalue weighted by Gasteiger charge is 2.24. The van der Waals surface area contributed by atoms with Gasteiger partial charge in [0.05, 0.1) is 36.6 Å². The summed E-state index contributed by atoms with van der Waals surface area (Å²) in [6.45, 7) is 3.69. The number of carbonyl (C=O) groups is 2. The van der Waals surface area contributed by atoms with E-state index in [1.54, 1.807) is 12.1 Å². The van der Waals surface area contributed by atoms with Crippen molar-refractivity contribution in [1.82, 2.24) is 15.1 Å². The third kappa shape index (κ3) is 7.00. The lowest BCUT2D eigenvalue weighted by Gasteiger charge is -2.20. The van der Waals surface area contributed by atoms with Crippen LogP contribution in [0.1, 0.15) is 56.5 Å². The number of rotatable bonds is 6. The summed E-state index contributed by atoms with van der Waals surface area (Å²) in [4.78, 5) is 39.2. The summed E-state index contributed by atoms with van der Waals surface area (Å²) in [5, 5.41) is 4.21. The predicted molar refractivity (Wildman–Crippen MR) is 122 cm³/mol. The molecule has 1 aliphatic rings. The van der Waals surface area contributed by atoms with E-state index >= 15 is 0 Å². The summed E-state index contributed by atoms with van der Waals surface area (Å²) >= 11 is 0. The predicted octanol–water partition coefficient (Wildman–Crippen LogP) is 2.80. The van der Waals surface area contributed by atoms with Crippen LogP contribution >= 0.6 is 0 Å². The maximum atomic E-state index is 11.4. The van der Waals surface area contributed by atoms with Crippen LogP contribution in [0.5, 0.6) is 5.88 Å². The summed E-state index contributed by atoms with van der Waals surface area (Å²) in [5.41, 5.74) is 2.39. The van der Waals surface area contributed by atoms with Crippen LogP contribution in [-0.4, -0.2) is 54.5 Å². The minimum atomic E-state index is -0.457. The fraction of sp³-hybridized carbons (Fsp3) is 0.375. The van der Waals surface area contributed by atoms with Crippen LogP contribution in [-0.2, 0) is 20.8 Å². The van der Waals surface area contributed by atoms with Crippen molar-refractivity contribution in [2.45, 2.75) is 32.3 Å². The lowest BCUT2D eigenvalue weighted by molar-refractivity contribution is 0.0591. The molecule has 0 bridgehead atoms. The highest BCUT2D eigenvalue weighted by atomic mass is 16.5. The molecule has 0 saturated carbocycles. The molecule has 3 aromatic rings. The molecule has 0 atom stereocenters. The Hall–Kier alpha value is -3.99. The molecule has 3 aromatic heterocycles. The Bertz CT molecular complexity index is 1160. The van der Waals surface area contributed by atoms with Crippen molar-refractivity contribution in [2.75, 3.05) is 27.4 Å². The molecule has 4 rings (SSSR count). The van der Waals surface area contributed by atoms with Gasteiger partial charge < -0.3 is 28.5 Å². The van der Waals surface area contributed by atoms with Gasteiger partial charge in [-0.3, -0.25) is 4.79 Å². The number of ether oxygens (including phenoxy) is 4. The van der Waals surface area contributed by atoms with E-state index in [9.17, 15) is 14.4 Å². The summed E-state index contributed by atoms with van der Waals surface area (Å²) < 4.78 is 25.5. The molecule has 1 N–H and O–H groups in total. The number of aromatic amines is 1. The first-order chi connectivity index (χ1) is 16.9. The molecule has 0 unspecified atom stereocenters. The number of nitrogens with one attached hydrogen (secondary N) is 1. The zero-order valence-electron chi connectivity index (χ0n) is 19.7. The number of hydrogen-bond acceptors (Lipinski definition) is 10. The molecule has 0 aliphatic carbocycles. The van der Waals surface area contributed by atoms with Gasteiger partial charge in [-0.25, -0.2) is 14.6 Å². The van der Waals surface area contributed by atoms with Gasteiger partial charge >= 0.3 is 11.9 Å². The lowest BCUT2D eigenvalue weighted by atomic mass is 9.93. The Kier molecular flexibility index (Phi) is 9.13. The van der Waals surface area contributed by atoms with Gasteiger partial charge in [-0.2, -0.15) is 0 Å². The van der Waals surface area contributed by atoms with Gasteiger partial charge in [0.2, 0.25) is 11.4 Å². The topological polar surface area (TPSA) is 143 Å². The van der Waals surface area contributed by atoms with E-state index < -0.39 is 11.9 Å². The number of methoxy groups -OCH3 is 2. The summed E-state index contributed by atoms with van der Waals surface area (Å²) in [5.74, 6) is 0.639. The molecule has 1 saturated heterocycles. The van der Waals surface area contributed by atoms with Gasteiger partial charge in [0, 0.05) is 43.7 Å². The van der Waals surface area contributed by atoms with Gasteiger partial charge in [-0.05, 0) is 31.9 Å². The Balaban J connectivity index is 0.000000261. The monoisotopic (exact) mass is 485 g/mol. The molecule has 11 nitrogen and oxygen atoms in total. The van der Waals surface area contributed by atoms with Crippen LogP contribution in [0.15, 0.2) is 46.0 Å². The Morgan fingerprint density at radius 2 is 1.74 bits per heavy atom. The molecule has 0 spiro atoms. The highest BCUT2D eigenvalue weighted by Crippen LogP contribution is 2.30. The van der Waals surface area contributed by atoms with E-state index in [2.05, 4.69) is 24.6 Å². The Morgan fingerprint density at radius 1 is 1.06 bits per heavy atom. The maximum Gasteiger partial charge on any atom is 0.339 e. The second-order valence-electron chi connectivity index (χ2n) is 7.59. The van der Waals surface area contributed by atoms with Crippen molar-refractivity contribution in [1.29, 1.82) is 0 Å². The standard InChI is InChI=1S/C17H20N2O5.C7H7NO3/c1-11-14(16(19-24-11)12-5-7-22-8-6-12)10-23-15-4-3-13(9-18-15)17(20)21-2;1-11-7(10)5-2-3-6(9)8-4-5/h3-4,9,12H,5-8,10H2,1-2H3;2-4H,1H3,(H,8,9). The largest absolute Gasteiger partial charge is 0.473 e. The van der Waals surface area contributed by atoms with Crippen LogP contribution in [0.25, 0.3) is 0 Å². The SMILES string of the molecule is COC(=O)c1ccc(=O)[nH]c1.COC(=O)c1ccc(OCc2c(C3CCOCC3)noc2C)nc1. The average Bonchev–Trinajstić information content (AvgIpc) is 3.28. The van der Waals surface area contributed by atoms with Crippen molar-refractivity contribution in [2.24, 2.45) is 0 Å². The van der Waals surface area contributed by atoms with Crippen LogP contribution < -0.4 is 10.3 Å². The number of aromatic nitrogens is 3. The number of carbonyl (C=O) groups excluding carboxylic acids is 2. The molecule has 35 heavy (non-hydrogen) atoms. The van der Waals surface area contributed by atoms with Crippen molar-refractivity contribution >= 4 is 11.9 Å². The second-order valence-corrected chi connectivity index (χ2v) is 7.59. The van der Waals surface area contributed by atoms with E-state index in [0.29, 0.717) is 29.5 Å². The number of hydrogen-bond donors (Lipinski definition) is 1. The minimum absolute atomic E-state index is 0.238. The first kappa shape index (κ1) is 25.6. The lowest BCUT2D eigenvalue weighted by Crippen LogP contribution is -2.16. The molecule has 1 fully saturated rings. The quantitative estimate of drug-likeness (QED) is 0.518. The van der Waals surface area contributed by atoms with Crippen molar-refractivity contribution in [3.05, 3.63) is 75.2 Å². The van der Waals surface area contributed by atoms with E-state index in [0.717, 1.165) is 43.1 Å². The fourth-order valence-electron chi connectivity index (χ4n) is 3.38. The smallest absolute Gasteiger partial charge is 0.339 e. The van der Waals surface area contributed by atoms with Gasteiger partial charge in [0.25, 0.3) is 0 Å². The molecule has 0 aromatic carbocycles. The van der Waals surface area contributed by atoms with E-state index in [4.69, 9.17) is 14.0 Å². The first-order valence-electron chi connectivity index (χ1n) is 10.9. The van der Waals surface area contributed by atoms with E-state index in [1.165, 1.54) is 38.7 Å². The van der Waals surface area contributed by atoms with Gasteiger partial charge in [0.15, 0.2) is 0 Å². The number of nitrogens with zero attached hydrogens (tertiary/aromatic N) is 2. The highest BCUT2D eigenvalue weighted by molar-refractivity contribution is 5.89. The van der Waals surface area contributed by atoms with Crippen LogP contribution in [0.2, 0.25) is 0 Å². The molecule has 4 heterocycles. The third-order valence-electron chi connectivity index (χ3n) is 5.35. The number of H-pyrrole nitrogens is 1. The van der Waals surface area contributed by atoms with Crippen molar-refractivity contribution < 1.29 is 33.1 Å². The number of esters is 2. The molecule has 0 radical (unpaired) electrons. The van der Waals surface area contributed by atoms with Crippen LogP contribution in [0.4, 0.5) is 0 Å². The Morgan fingerprint density at radius 3 is 2.34 bits per heavy atom. The normalized spacial score (nSPS) is 13.3. The molecule has 186 valence electrons. The van der Waals surface area contributed by atoms with Crippen LogP contribution in [0.3, 0.4) is 0 Å². The molecular formula is C24H27N3O8. The van der Waals surface area contributed by atoms with Gasteiger partial charge in [-0.1, -0.05) is 5.16 Å². The van der Waals surface area contributed by atoms with Gasteiger partial charge in [-0.15, -0.1) is 0 Å². The Labute approximate surface area is 201 Å². The average molecular weight is 485 g/mol. The van der Waals surface area contributed by atoms with E-state index in [1.807, 2.05) is 6.92 Å². The van der Waals surface area contributed by atoms with Crippen molar-refractivity contribution in [3.63, 3.8) is 0 Å². The minimum Gasteiger partial charge on any atom is -0.473 e. The number of pyridine rings is 2. The zero-order valence-corrected chi connectivity index (χ0v) is 19.7.